The van der Waals surface area contributed by atoms with Gasteiger partial charge >= 0.3 is 5.97 Å². The van der Waals surface area contributed by atoms with Crippen LogP contribution in [0.2, 0.25) is 0 Å². The van der Waals surface area contributed by atoms with Gasteiger partial charge in [0.25, 0.3) is 5.91 Å². The van der Waals surface area contributed by atoms with Crippen LogP contribution in [0.25, 0.3) is 22.2 Å². The first-order valence-electron chi connectivity index (χ1n) is 14.2. The molecule has 3 aliphatic rings. The van der Waals surface area contributed by atoms with Crippen LogP contribution < -0.4 is 10.1 Å². The van der Waals surface area contributed by atoms with Gasteiger partial charge in [0.05, 0.1) is 12.2 Å². The third-order valence-corrected chi connectivity index (χ3v) is 9.31. The molecule has 0 radical (unpaired) electrons. The predicted octanol–water partition coefficient (Wildman–Crippen LogP) is 6.90. The Labute approximate surface area is 224 Å². The van der Waals surface area contributed by atoms with E-state index in [1.807, 2.05) is 24.3 Å². The molecule has 0 unspecified atom stereocenters. The molecule has 6 heteroatoms. The molecule has 2 aliphatic carbocycles. The number of nitrogens with one attached hydrogen (secondary N) is 1. The van der Waals surface area contributed by atoms with Gasteiger partial charge in [-0.3, -0.25) is 4.79 Å². The summed E-state index contributed by atoms with van der Waals surface area (Å²) in [6, 6.07) is 14.2. The molecule has 3 aromatic rings. The predicted molar refractivity (Wildman–Crippen MR) is 149 cm³/mol. The fourth-order valence-electron chi connectivity index (χ4n) is 6.92. The number of hydrogen-bond acceptors (Lipinski definition) is 3. The van der Waals surface area contributed by atoms with Crippen molar-refractivity contribution in [2.45, 2.75) is 89.6 Å². The van der Waals surface area contributed by atoms with Crippen LogP contribution in [0.4, 0.5) is 0 Å². The number of hydrogen-bond donors (Lipinski definition) is 2. The SMILES string of the molecule is CC1(C)CCC(NC(=O)c2ccc3c(C4CCCCC4)c4n(c3c2)CCOc2ccccc2-4)(C(=O)O)CC1. The van der Waals surface area contributed by atoms with E-state index in [-0.39, 0.29) is 11.3 Å². The van der Waals surface area contributed by atoms with E-state index >= 15 is 0 Å². The zero-order chi connectivity index (χ0) is 26.5. The van der Waals surface area contributed by atoms with E-state index in [1.54, 1.807) is 0 Å². The zero-order valence-corrected chi connectivity index (χ0v) is 22.5. The molecule has 2 heterocycles. The number of fused-ring (bicyclic) bond motifs is 5. The number of ether oxygens (including phenoxy) is 1. The third-order valence-electron chi connectivity index (χ3n) is 9.31. The average molecular weight is 515 g/mol. The highest BCUT2D eigenvalue weighted by molar-refractivity contribution is 6.03. The maximum atomic E-state index is 13.6. The average Bonchev–Trinajstić information content (AvgIpc) is 3.11. The van der Waals surface area contributed by atoms with Gasteiger partial charge in [-0.05, 0) is 79.7 Å². The summed E-state index contributed by atoms with van der Waals surface area (Å²) < 4.78 is 8.48. The van der Waals surface area contributed by atoms with Gasteiger partial charge in [0.1, 0.15) is 17.9 Å². The fraction of sp³-hybridized carbons (Fsp3) is 0.500. The van der Waals surface area contributed by atoms with Crippen molar-refractivity contribution >= 4 is 22.8 Å². The number of amides is 1. The Bertz CT molecular complexity index is 1390. The molecule has 2 N–H and O–H groups in total. The van der Waals surface area contributed by atoms with Crippen LogP contribution in [-0.4, -0.2) is 33.7 Å². The van der Waals surface area contributed by atoms with E-state index < -0.39 is 11.5 Å². The first-order chi connectivity index (χ1) is 18.3. The Morgan fingerprint density at radius 2 is 1.74 bits per heavy atom. The van der Waals surface area contributed by atoms with Crippen LogP contribution in [-0.2, 0) is 11.3 Å². The molecule has 0 spiro atoms. The van der Waals surface area contributed by atoms with Gasteiger partial charge in [-0.15, -0.1) is 0 Å². The van der Waals surface area contributed by atoms with Crippen molar-refractivity contribution in [3.63, 3.8) is 0 Å². The largest absolute Gasteiger partial charge is 0.491 e. The molecule has 2 aromatic carbocycles. The van der Waals surface area contributed by atoms with Crippen molar-refractivity contribution in [3.8, 4) is 17.0 Å². The molecular weight excluding hydrogens is 476 g/mol. The molecule has 6 rings (SSSR count). The molecule has 2 fully saturated rings. The van der Waals surface area contributed by atoms with Crippen molar-refractivity contribution in [2.24, 2.45) is 5.41 Å². The summed E-state index contributed by atoms with van der Waals surface area (Å²) in [7, 11) is 0. The van der Waals surface area contributed by atoms with Crippen molar-refractivity contribution < 1.29 is 19.4 Å². The second kappa shape index (κ2) is 9.48. The van der Waals surface area contributed by atoms with Gasteiger partial charge in [0.15, 0.2) is 0 Å². The van der Waals surface area contributed by atoms with Crippen molar-refractivity contribution in [3.05, 3.63) is 53.6 Å². The summed E-state index contributed by atoms with van der Waals surface area (Å²) >= 11 is 0. The van der Waals surface area contributed by atoms with Crippen molar-refractivity contribution in [2.75, 3.05) is 6.61 Å². The highest BCUT2D eigenvalue weighted by Gasteiger charge is 2.45. The quantitative estimate of drug-likeness (QED) is 0.397. The van der Waals surface area contributed by atoms with Crippen LogP contribution in [0.5, 0.6) is 5.75 Å². The first-order valence-corrected chi connectivity index (χ1v) is 14.2. The Morgan fingerprint density at radius 1 is 1.00 bits per heavy atom. The van der Waals surface area contributed by atoms with E-state index in [4.69, 9.17) is 4.74 Å². The minimum Gasteiger partial charge on any atom is -0.491 e. The molecule has 1 amide bonds. The van der Waals surface area contributed by atoms with Gasteiger partial charge in [0, 0.05) is 22.0 Å². The number of aromatic nitrogens is 1. The first kappa shape index (κ1) is 25.0. The van der Waals surface area contributed by atoms with Gasteiger partial charge in [-0.25, -0.2) is 4.79 Å². The smallest absolute Gasteiger partial charge is 0.329 e. The van der Waals surface area contributed by atoms with Crippen LogP contribution in [0, 0.1) is 5.41 Å². The number of rotatable bonds is 4. The molecule has 38 heavy (non-hydrogen) atoms. The number of para-hydroxylation sites is 1. The lowest BCUT2D eigenvalue weighted by Gasteiger charge is -2.41. The minimum atomic E-state index is -1.21. The van der Waals surface area contributed by atoms with Gasteiger partial charge in [-0.1, -0.05) is 51.3 Å². The van der Waals surface area contributed by atoms with Crippen LogP contribution >= 0.6 is 0 Å². The minimum absolute atomic E-state index is 0.0972. The summed E-state index contributed by atoms with van der Waals surface area (Å²) in [6.45, 7) is 5.59. The highest BCUT2D eigenvalue weighted by atomic mass is 16.5. The lowest BCUT2D eigenvalue weighted by atomic mass is 9.69. The van der Waals surface area contributed by atoms with Crippen LogP contribution in [0.15, 0.2) is 42.5 Å². The second-order valence-corrected chi connectivity index (χ2v) is 12.3. The van der Waals surface area contributed by atoms with Crippen molar-refractivity contribution in [1.29, 1.82) is 0 Å². The molecule has 6 nitrogen and oxygen atoms in total. The number of carbonyl (C=O) groups is 2. The van der Waals surface area contributed by atoms with E-state index in [1.165, 1.54) is 48.7 Å². The van der Waals surface area contributed by atoms with E-state index in [0.29, 0.717) is 37.5 Å². The van der Waals surface area contributed by atoms with Crippen LogP contribution in [0.3, 0.4) is 0 Å². The van der Waals surface area contributed by atoms with E-state index in [0.717, 1.165) is 29.7 Å². The van der Waals surface area contributed by atoms with E-state index in [2.05, 4.69) is 41.9 Å². The molecule has 200 valence electrons. The number of carboxylic acid groups (broad SMARTS) is 1. The third kappa shape index (κ3) is 4.28. The molecule has 2 saturated carbocycles. The monoisotopic (exact) mass is 514 g/mol. The summed E-state index contributed by atoms with van der Waals surface area (Å²) in [5, 5.41) is 14.3. The fourth-order valence-corrected chi connectivity index (χ4v) is 6.92. The number of carboxylic acids is 1. The summed E-state index contributed by atoms with van der Waals surface area (Å²) in [5.41, 5.74) is 4.13. The zero-order valence-electron chi connectivity index (χ0n) is 22.5. The Balaban J connectivity index is 1.43. The molecule has 0 saturated heterocycles. The number of nitrogens with zero attached hydrogens (tertiary/aromatic N) is 1. The Kier molecular flexibility index (Phi) is 6.24. The molecular formula is C32H38N2O4. The molecule has 1 aromatic heterocycles. The molecule has 0 bridgehead atoms. The number of aliphatic carboxylic acids is 1. The Hall–Kier alpha value is -3.28. The normalized spacial score (nSPS) is 20.6. The summed E-state index contributed by atoms with van der Waals surface area (Å²) in [5.74, 6) is 0.142. The lowest BCUT2D eigenvalue weighted by molar-refractivity contribution is -0.146. The van der Waals surface area contributed by atoms with Gasteiger partial charge < -0.3 is 19.7 Å². The lowest BCUT2D eigenvalue weighted by Crippen LogP contribution is -2.57. The summed E-state index contributed by atoms with van der Waals surface area (Å²) in [4.78, 5) is 25.9. The maximum Gasteiger partial charge on any atom is 0.329 e. The summed E-state index contributed by atoms with van der Waals surface area (Å²) in [6.07, 6.45) is 8.56. The Morgan fingerprint density at radius 3 is 2.47 bits per heavy atom. The van der Waals surface area contributed by atoms with Gasteiger partial charge in [0.2, 0.25) is 0 Å². The maximum absolute atomic E-state index is 13.6. The number of benzene rings is 2. The van der Waals surface area contributed by atoms with Crippen LogP contribution in [0.1, 0.15) is 93.5 Å². The highest BCUT2D eigenvalue weighted by Crippen LogP contribution is 2.47. The number of carbonyl (C=O) groups excluding carboxylic acids is 1. The topological polar surface area (TPSA) is 80.6 Å². The second-order valence-electron chi connectivity index (χ2n) is 12.3. The van der Waals surface area contributed by atoms with E-state index in [9.17, 15) is 14.7 Å². The standard InChI is InChI=1S/C32H38N2O4/c1-31(2)14-16-32(17-15-31,30(36)37)33-29(35)22-12-13-23-25(20-22)34-18-19-38-26-11-7-6-10-24(26)28(34)27(23)21-8-4-3-5-9-21/h6-7,10-13,20-21H,3-5,8-9,14-19H2,1-2H3,(H,33,35)(H,36,37). The van der Waals surface area contributed by atoms with Crippen molar-refractivity contribution in [1.82, 2.24) is 9.88 Å². The van der Waals surface area contributed by atoms with Gasteiger partial charge in [-0.2, -0.15) is 0 Å². The molecule has 0 atom stereocenters. The molecule has 1 aliphatic heterocycles.